The van der Waals surface area contributed by atoms with E-state index < -0.39 is 12.7 Å². The van der Waals surface area contributed by atoms with E-state index >= 15 is 0 Å². The number of benzene rings is 1. The Bertz CT molecular complexity index is 659. The van der Waals surface area contributed by atoms with E-state index in [1.165, 1.54) is 22.5 Å². The minimum absolute atomic E-state index is 0. The zero-order chi connectivity index (χ0) is 17.2. The van der Waals surface area contributed by atoms with Crippen molar-refractivity contribution < 1.29 is 13.2 Å². The molecule has 1 aliphatic rings. The molecule has 2 N–H and O–H groups in total. The molecule has 0 spiro atoms. The molecule has 1 aliphatic heterocycles. The smallest absolute Gasteiger partial charge is 0.330 e. The molecule has 0 aliphatic carbocycles. The summed E-state index contributed by atoms with van der Waals surface area (Å²) in [5.41, 5.74) is 7.14. The normalized spacial score (nSPS) is 21.3. The topological polar surface area (TPSA) is 47.1 Å². The van der Waals surface area contributed by atoms with Crippen molar-refractivity contribution in [1.29, 1.82) is 0 Å². The number of rotatable bonds is 5. The zero-order valence-corrected chi connectivity index (χ0v) is 14.5. The number of nitrogens with two attached hydrogens (primary N) is 1. The zero-order valence-electron chi connectivity index (χ0n) is 13.7. The van der Waals surface area contributed by atoms with E-state index in [1.54, 1.807) is 0 Å². The van der Waals surface area contributed by atoms with Gasteiger partial charge in [-0.15, -0.1) is 12.4 Å². The van der Waals surface area contributed by atoms with Crippen LogP contribution in [0.1, 0.15) is 17.3 Å². The summed E-state index contributed by atoms with van der Waals surface area (Å²) < 4.78 is 39.1. The van der Waals surface area contributed by atoms with Crippen LogP contribution in [-0.2, 0) is 13.1 Å². The van der Waals surface area contributed by atoms with Crippen molar-refractivity contribution >= 4 is 12.4 Å². The lowest BCUT2D eigenvalue weighted by molar-refractivity contribution is -0.141. The number of hydrogen-bond donors (Lipinski definition) is 1. The standard InChI is InChI=1S/C17H21F3N4.ClH/c18-17(19,20)12-24-7-6-22-16(24)11-23-9-14(8-21)15(10-23)13-4-2-1-3-5-13;/h1-7,14-15H,8-12,21H2;1H/t14-,15+;/m1./s1. The van der Waals surface area contributed by atoms with Gasteiger partial charge in [-0.2, -0.15) is 13.2 Å². The fraction of sp³-hybridized carbons (Fsp3) is 0.471. The van der Waals surface area contributed by atoms with Crippen LogP contribution in [0.3, 0.4) is 0 Å². The molecular formula is C17H22ClF3N4. The molecule has 0 radical (unpaired) electrons. The molecule has 1 fully saturated rings. The van der Waals surface area contributed by atoms with Gasteiger partial charge in [0.1, 0.15) is 12.4 Å². The first-order chi connectivity index (χ1) is 11.5. The summed E-state index contributed by atoms with van der Waals surface area (Å²) in [5, 5.41) is 0. The van der Waals surface area contributed by atoms with Crippen LogP contribution in [0.15, 0.2) is 42.7 Å². The fourth-order valence-corrected chi connectivity index (χ4v) is 3.44. The third-order valence-electron chi connectivity index (χ3n) is 4.56. The molecule has 2 aromatic rings. The van der Waals surface area contributed by atoms with Crippen molar-refractivity contribution in [2.75, 3.05) is 19.6 Å². The lowest BCUT2D eigenvalue weighted by Crippen LogP contribution is -2.26. The van der Waals surface area contributed by atoms with Crippen LogP contribution >= 0.6 is 12.4 Å². The number of nitrogens with zero attached hydrogens (tertiary/aromatic N) is 3. The molecule has 138 valence electrons. The predicted molar refractivity (Wildman–Crippen MR) is 92.5 cm³/mol. The monoisotopic (exact) mass is 374 g/mol. The molecule has 0 bridgehead atoms. The highest BCUT2D eigenvalue weighted by Gasteiger charge is 2.34. The molecule has 4 nitrogen and oxygen atoms in total. The van der Waals surface area contributed by atoms with E-state index in [0.717, 1.165) is 13.1 Å². The van der Waals surface area contributed by atoms with Crippen LogP contribution in [0.2, 0.25) is 0 Å². The van der Waals surface area contributed by atoms with Gasteiger partial charge in [0.25, 0.3) is 0 Å². The van der Waals surface area contributed by atoms with E-state index in [0.29, 0.717) is 30.7 Å². The van der Waals surface area contributed by atoms with Crippen LogP contribution in [-0.4, -0.2) is 40.3 Å². The van der Waals surface area contributed by atoms with Gasteiger partial charge in [-0.25, -0.2) is 4.98 Å². The number of halogens is 4. The highest BCUT2D eigenvalue weighted by atomic mass is 35.5. The molecule has 1 aromatic carbocycles. The number of likely N-dealkylation sites (tertiary alicyclic amines) is 1. The maximum atomic E-state index is 12.6. The van der Waals surface area contributed by atoms with Crippen LogP contribution in [0.25, 0.3) is 0 Å². The summed E-state index contributed by atoms with van der Waals surface area (Å²) in [6.07, 6.45) is -1.44. The van der Waals surface area contributed by atoms with Crippen molar-refractivity contribution in [3.05, 3.63) is 54.1 Å². The molecule has 1 aromatic heterocycles. The highest BCUT2D eigenvalue weighted by Crippen LogP contribution is 2.32. The van der Waals surface area contributed by atoms with E-state index in [9.17, 15) is 13.2 Å². The Morgan fingerprint density at radius 3 is 2.52 bits per heavy atom. The molecule has 2 atom stereocenters. The second-order valence-electron chi connectivity index (χ2n) is 6.29. The fourth-order valence-electron chi connectivity index (χ4n) is 3.44. The first-order valence-electron chi connectivity index (χ1n) is 8.00. The Labute approximate surface area is 151 Å². The molecule has 1 saturated heterocycles. The number of hydrogen-bond acceptors (Lipinski definition) is 3. The van der Waals surface area contributed by atoms with Gasteiger partial charge in [-0.3, -0.25) is 4.90 Å². The maximum Gasteiger partial charge on any atom is 0.406 e. The average Bonchev–Trinajstić information content (AvgIpc) is 3.14. The first kappa shape index (κ1) is 19.8. The van der Waals surface area contributed by atoms with Gasteiger partial charge in [0.15, 0.2) is 0 Å². The third kappa shape index (κ3) is 4.96. The average molecular weight is 375 g/mol. The maximum absolute atomic E-state index is 12.6. The predicted octanol–water partition coefficient (Wildman–Crippen LogP) is 3.04. The molecule has 3 rings (SSSR count). The number of imidazole rings is 1. The molecule has 8 heteroatoms. The van der Waals surface area contributed by atoms with Crippen LogP contribution in [0.4, 0.5) is 13.2 Å². The quantitative estimate of drug-likeness (QED) is 0.875. The Morgan fingerprint density at radius 2 is 1.88 bits per heavy atom. The molecule has 25 heavy (non-hydrogen) atoms. The SMILES string of the molecule is Cl.NC[C@@H]1CN(Cc2nccn2CC(F)(F)F)C[C@H]1c1ccccc1. The van der Waals surface area contributed by atoms with Gasteiger partial charge in [0.05, 0.1) is 6.54 Å². The summed E-state index contributed by atoms with van der Waals surface area (Å²) in [6, 6.07) is 10.1. The summed E-state index contributed by atoms with van der Waals surface area (Å²) in [4.78, 5) is 6.25. The second-order valence-corrected chi connectivity index (χ2v) is 6.29. The Hall–Kier alpha value is -1.57. The van der Waals surface area contributed by atoms with Crippen molar-refractivity contribution in [3.63, 3.8) is 0 Å². The summed E-state index contributed by atoms with van der Waals surface area (Å²) in [6.45, 7) is 1.52. The minimum Gasteiger partial charge on any atom is -0.330 e. The van der Waals surface area contributed by atoms with E-state index in [1.807, 2.05) is 18.2 Å². The molecular weight excluding hydrogens is 353 g/mol. The van der Waals surface area contributed by atoms with Crippen molar-refractivity contribution in [2.24, 2.45) is 11.7 Å². The highest BCUT2D eigenvalue weighted by molar-refractivity contribution is 5.85. The van der Waals surface area contributed by atoms with Gasteiger partial charge in [-0.1, -0.05) is 30.3 Å². The van der Waals surface area contributed by atoms with Gasteiger partial charge in [0, 0.05) is 31.4 Å². The Morgan fingerprint density at radius 1 is 1.16 bits per heavy atom. The Kier molecular flexibility index (Phi) is 6.48. The van der Waals surface area contributed by atoms with Crippen LogP contribution in [0, 0.1) is 5.92 Å². The Balaban J connectivity index is 0.00000225. The van der Waals surface area contributed by atoms with Crippen molar-refractivity contribution in [2.45, 2.75) is 25.2 Å². The summed E-state index contributed by atoms with van der Waals surface area (Å²) in [5.74, 6) is 1.05. The number of alkyl halides is 3. The van der Waals surface area contributed by atoms with Crippen molar-refractivity contribution in [3.8, 4) is 0 Å². The van der Waals surface area contributed by atoms with E-state index in [4.69, 9.17) is 5.73 Å². The lowest BCUT2D eigenvalue weighted by Gasteiger charge is -2.17. The van der Waals surface area contributed by atoms with Crippen molar-refractivity contribution in [1.82, 2.24) is 14.5 Å². The molecule has 0 unspecified atom stereocenters. The third-order valence-corrected chi connectivity index (χ3v) is 4.56. The lowest BCUT2D eigenvalue weighted by atomic mass is 9.89. The second kappa shape index (κ2) is 8.21. The molecule has 0 amide bonds. The van der Waals surface area contributed by atoms with Gasteiger partial charge in [0.2, 0.25) is 0 Å². The molecule has 2 heterocycles. The van der Waals surface area contributed by atoms with Gasteiger partial charge < -0.3 is 10.3 Å². The van der Waals surface area contributed by atoms with E-state index in [-0.39, 0.29) is 12.4 Å². The first-order valence-corrected chi connectivity index (χ1v) is 8.00. The van der Waals surface area contributed by atoms with Gasteiger partial charge in [-0.05, 0) is 18.0 Å². The summed E-state index contributed by atoms with van der Waals surface area (Å²) >= 11 is 0. The van der Waals surface area contributed by atoms with Crippen LogP contribution in [0.5, 0.6) is 0 Å². The van der Waals surface area contributed by atoms with E-state index in [2.05, 4.69) is 22.0 Å². The summed E-state index contributed by atoms with van der Waals surface area (Å²) in [7, 11) is 0. The van der Waals surface area contributed by atoms with Gasteiger partial charge >= 0.3 is 6.18 Å². The van der Waals surface area contributed by atoms with Crippen LogP contribution < -0.4 is 5.73 Å². The largest absolute Gasteiger partial charge is 0.406 e. The molecule has 0 saturated carbocycles. The minimum atomic E-state index is -4.24. The number of aromatic nitrogens is 2.